The van der Waals surface area contributed by atoms with E-state index < -0.39 is 0 Å². The number of Topliss-reactive ketones (excluding diaryl/α,β-unsaturated/α-hetero) is 1. The minimum absolute atomic E-state index is 0.0828. The SMILES string of the molecule is CC(C)(C)c1cc(CC(=O)C2COCCN2)no1. The summed E-state index contributed by atoms with van der Waals surface area (Å²) in [4.78, 5) is 12.0. The third-order valence-electron chi connectivity index (χ3n) is 2.96. The highest BCUT2D eigenvalue weighted by atomic mass is 16.5. The van der Waals surface area contributed by atoms with Gasteiger partial charge in [0.1, 0.15) is 5.76 Å². The Bertz CT molecular complexity index is 414. The fraction of sp³-hybridized carbons (Fsp3) is 0.692. The number of hydrogen-bond acceptors (Lipinski definition) is 5. The zero-order chi connectivity index (χ0) is 13.2. The summed E-state index contributed by atoms with van der Waals surface area (Å²) in [5.74, 6) is 0.904. The van der Waals surface area contributed by atoms with Crippen molar-refractivity contribution in [2.24, 2.45) is 0 Å². The molecule has 0 amide bonds. The lowest BCUT2D eigenvalue weighted by molar-refractivity contribution is -0.123. The van der Waals surface area contributed by atoms with Gasteiger partial charge in [-0.2, -0.15) is 0 Å². The van der Waals surface area contributed by atoms with Crippen molar-refractivity contribution in [3.8, 4) is 0 Å². The molecule has 1 atom stereocenters. The molecular formula is C13H20N2O3. The van der Waals surface area contributed by atoms with Crippen LogP contribution < -0.4 is 5.32 Å². The summed E-state index contributed by atoms with van der Waals surface area (Å²) in [6.07, 6.45) is 0.292. The van der Waals surface area contributed by atoms with Crippen LogP contribution in [0.25, 0.3) is 0 Å². The van der Waals surface area contributed by atoms with Crippen LogP contribution in [0.4, 0.5) is 0 Å². The lowest BCUT2D eigenvalue weighted by atomic mass is 9.93. The van der Waals surface area contributed by atoms with Crippen molar-refractivity contribution < 1.29 is 14.1 Å². The minimum atomic E-state index is -0.214. The summed E-state index contributed by atoms with van der Waals surface area (Å²) in [5.41, 5.74) is 0.609. The Labute approximate surface area is 107 Å². The van der Waals surface area contributed by atoms with Gasteiger partial charge in [-0.3, -0.25) is 4.79 Å². The van der Waals surface area contributed by atoms with Crippen LogP contribution in [-0.4, -0.2) is 36.7 Å². The summed E-state index contributed by atoms with van der Waals surface area (Å²) < 4.78 is 10.5. The number of carbonyl (C=O) groups is 1. The summed E-state index contributed by atoms with van der Waals surface area (Å²) in [6.45, 7) is 7.99. The number of nitrogens with one attached hydrogen (secondary N) is 1. The monoisotopic (exact) mass is 252 g/mol. The van der Waals surface area contributed by atoms with Gasteiger partial charge in [0, 0.05) is 18.0 Å². The average Bonchev–Trinajstić information content (AvgIpc) is 2.78. The van der Waals surface area contributed by atoms with Gasteiger partial charge >= 0.3 is 0 Å². The van der Waals surface area contributed by atoms with Gasteiger partial charge in [-0.1, -0.05) is 25.9 Å². The van der Waals surface area contributed by atoms with E-state index in [1.807, 2.05) is 6.07 Å². The van der Waals surface area contributed by atoms with E-state index in [2.05, 4.69) is 31.2 Å². The van der Waals surface area contributed by atoms with Gasteiger partial charge in [0.15, 0.2) is 5.78 Å². The Morgan fingerprint density at radius 1 is 1.56 bits per heavy atom. The number of rotatable bonds is 3. The maximum absolute atomic E-state index is 12.0. The van der Waals surface area contributed by atoms with Gasteiger partial charge in [0.05, 0.1) is 31.4 Å². The minimum Gasteiger partial charge on any atom is -0.378 e. The number of morpholine rings is 1. The van der Waals surface area contributed by atoms with E-state index in [1.165, 1.54) is 0 Å². The molecule has 1 aromatic rings. The second kappa shape index (κ2) is 5.20. The zero-order valence-corrected chi connectivity index (χ0v) is 11.2. The number of ether oxygens (including phenoxy) is 1. The number of nitrogens with zero attached hydrogens (tertiary/aromatic N) is 1. The molecule has 0 saturated carbocycles. The standard InChI is InChI=1S/C13H20N2O3/c1-13(2,3)12-7-9(15-18-12)6-11(16)10-8-17-5-4-14-10/h7,10,14H,4-6,8H2,1-3H3. The summed E-state index contributed by atoms with van der Waals surface area (Å²) in [6, 6.07) is 1.65. The van der Waals surface area contributed by atoms with E-state index in [9.17, 15) is 4.79 Å². The Balaban J connectivity index is 1.96. The highest BCUT2D eigenvalue weighted by molar-refractivity contribution is 5.86. The molecule has 1 unspecified atom stereocenters. The number of ketones is 1. The first-order chi connectivity index (χ1) is 8.47. The van der Waals surface area contributed by atoms with E-state index in [4.69, 9.17) is 9.26 Å². The lowest BCUT2D eigenvalue weighted by Gasteiger charge is -2.22. The maximum Gasteiger partial charge on any atom is 0.158 e. The molecule has 1 saturated heterocycles. The Kier molecular flexibility index (Phi) is 3.82. The molecule has 5 heteroatoms. The van der Waals surface area contributed by atoms with Crippen molar-refractivity contribution in [1.82, 2.24) is 10.5 Å². The summed E-state index contributed by atoms with van der Waals surface area (Å²) >= 11 is 0. The van der Waals surface area contributed by atoms with Crippen LogP contribution in [0.3, 0.4) is 0 Å². The van der Waals surface area contributed by atoms with Crippen LogP contribution in [0.5, 0.6) is 0 Å². The van der Waals surface area contributed by atoms with Gasteiger partial charge in [0.25, 0.3) is 0 Å². The van der Waals surface area contributed by atoms with Crippen LogP contribution in [0.2, 0.25) is 0 Å². The quantitative estimate of drug-likeness (QED) is 0.871. The van der Waals surface area contributed by atoms with Crippen molar-refractivity contribution in [3.05, 3.63) is 17.5 Å². The van der Waals surface area contributed by atoms with Gasteiger partial charge in [-0.05, 0) is 0 Å². The third kappa shape index (κ3) is 3.17. The highest BCUT2D eigenvalue weighted by Crippen LogP contribution is 2.22. The van der Waals surface area contributed by atoms with Crippen LogP contribution >= 0.6 is 0 Å². The molecule has 1 fully saturated rings. The smallest absolute Gasteiger partial charge is 0.158 e. The predicted octanol–water partition coefficient (Wildman–Crippen LogP) is 1.07. The molecule has 1 aliphatic heterocycles. The van der Waals surface area contributed by atoms with Crippen molar-refractivity contribution in [2.45, 2.75) is 38.6 Å². The molecule has 0 bridgehead atoms. The normalized spacial score (nSPS) is 20.9. The molecule has 1 aromatic heterocycles. The Hall–Kier alpha value is -1.20. The molecule has 0 spiro atoms. The van der Waals surface area contributed by atoms with Gasteiger partial charge in [-0.25, -0.2) is 0 Å². The molecule has 0 aliphatic carbocycles. The number of aromatic nitrogens is 1. The summed E-state index contributed by atoms with van der Waals surface area (Å²) in [7, 11) is 0. The average molecular weight is 252 g/mol. The zero-order valence-electron chi connectivity index (χ0n) is 11.2. The molecule has 18 heavy (non-hydrogen) atoms. The molecule has 5 nitrogen and oxygen atoms in total. The van der Waals surface area contributed by atoms with Crippen LogP contribution in [0.1, 0.15) is 32.2 Å². The number of hydrogen-bond donors (Lipinski definition) is 1. The molecule has 100 valence electrons. The van der Waals surface area contributed by atoms with Crippen molar-refractivity contribution in [3.63, 3.8) is 0 Å². The van der Waals surface area contributed by atoms with Crippen molar-refractivity contribution in [2.75, 3.05) is 19.8 Å². The van der Waals surface area contributed by atoms with E-state index in [0.717, 1.165) is 12.3 Å². The first-order valence-corrected chi connectivity index (χ1v) is 6.27. The third-order valence-corrected chi connectivity index (χ3v) is 2.96. The number of carbonyl (C=O) groups excluding carboxylic acids is 1. The van der Waals surface area contributed by atoms with E-state index in [-0.39, 0.29) is 17.2 Å². The Morgan fingerprint density at radius 3 is 2.89 bits per heavy atom. The predicted molar refractivity (Wildman–Crippen MR) is 66.5 cm³/mol. The molecule has 2 heterocycles. The molecule has 0 radical (unpaired) electrons. The molecule has 1 aliphatic rings. The van der Waals surface area contributed by atoms with Gasteiger partial charge < -0.3 is 14.6 Å². The maximum atomic E-state index is 12.0. The molecule has 0 aromatic carbocycles. The van der Waals surface area contributed by atoms with Crippen molar-refractivity contribution in [1.29, 1.82) is 0 Å². The van der Waals surface area contributed by atoms with E-state index >= 15 is 0 Å². The lowest BCUT2D eigenvalue weighted by Crippen LogP contribution is -2.47. The fourth-order valence-corrected chi connectivity index (χ4v) is 1.82. The second-order valence-corrected chi connectivity index (χ2v) is 5.66. The topological polar surface area (TPSA) is 64.4 Å². The van der Waals surface area contributed by atoms with E-state index in [1.54, 1.807) is 0 Å². The largest absolute Gasteiger partial charge is 0.378 e. The fourth-order valence-electron chi connectivity index (χ4n) is 1.82. The van der Waals surface area contributed by atoms with Crippen LogP contribution in [0.15, 0.2) is 10.6 Å². The highest BCUT2D eigenvalue weighted by Gasteiger charge is 2.24. The Morgan fingerprint density at radius 2 is 2.33 bits per heavy atom. The molecule has 1 N–H and O–H groups in total. The molecular weight excluding hydrogens is 232 g/mol. The van der Waals surface area contributed by atoms with Crippen LogP contribution in [0, 0.1) is 0 Å². The molecule has 2 rings (SSSR count). The first-order valence-electron chi connectivity index (χ1n) is 6.27. The van der Waals surface area contributed by atoms with Crippen molar-refractivity contribution >= 4 is 5.78 Å². The second-order valence-electron chi connectivity index (χ2n) is 5.66. The summed E-state index contributed by atoms with van der Waals surface area (Å²) in [5, 5.41) is 7.10. The van der Waals surface area contributed by atoms with Gasteiger partial charge in [0.2, 0.25) is 0 Å². The van der Waals surface area contributed by atoms with Crippen LogP contribution in [-0.2, 0) is 21.4 Å². The van der Waals surface area contributed by atoms with E-state index in [0.29, 0.717) is 25.3 Å². The van der Waals surface area contributed by atoms with Gasteiger partial charge in [-0.15, -0.1) is 0 Å². The first kappa shape index (κ1) is 13.2.